The van der Waals surface area contributed by atoms with Crippen molar-refractivity contribution in [1.29, 1.82) is 0 Å². The normalized spacial score (nSPS) is 19.3. The summed E-state index contributed by atoms with van der Waals surface area (Å²) in [4.78, 5) is 25.3. The van der Waals surface area contributed by atoms with Crippen LogP contribution >= 0.6 is 11.8 Å². The second kappa shape index (κ2) is 8.75. The highest BCUT2D eigenvalue weighted by atomic mass is 32.2. The Balaban J connectivity index is 1.88. The summed E-state index contributed by atoms with van der Waals surface area (Å²) in [6, 6.07) is 4.98. The van der Waals surface area contributed by atoms with Crippen molar-refractivity contribution < 1.29 is 29.3 Å². The number of rotatable bonds is 10. The summed E-state index contributed by atoms with van der Waals surface area (Å²) in [5, 5.41) is 19.4. The van der Waals surface area contributed by atoms with E-state index in [1.807, 2.05) is 0 Å². The van der Waals surface area contributed by atoms with Crippen LogP contribution in [0.4, 0.5) is 0 Å². The maximum atomic E-state index is 10.5. The maximum absolute atomic E-state index is 10.5. The molecule has 1 aliphatic rings. The van der Waals surface area contributed by atoms with Gasteiger partial charge in [0.1, 0.15) is 16.5 Å². The van der Waals surface area contributed by atoms with E-state index in [0.717, 1.165) is 12.8 Å². The molecule has 1 heterocycles. The van der Waals surface area contributed by atoms with Gasteiger partial charge in [-0.3, -0.25) is 9.59 Å². The van der Waals surface area contributed by atoms with E-state index >= 15 is 0 Å². The van der Waals surface area contributed by atoms with Crippen LogP contribution < -0.4 is 4.74 Å². The molecule has 0 bridgehead atoms. The molecule has 0 unspecified atom stereocenters. The number of aliphatic imine (C=N–C) groups is 1. The molecule has 0 aromatic heterocycles. The molecule has 25 heavy (non-hydrogen) atoms. The highest BCUT2D eigenvalue weighted by Crippen LogP contribution is 2.35. The Morgan fingerprint density at radius 2 is 2.20 bits per heavy atom. The monoisotopic (exact) mass is 367 g/mol. The molecule has 0 radical (unpaired) electrons. The van der Waals surface area contributed by atoms with E-state index in [2.05, 4.69) is 4.99 Å². The van der Waals surface area contributed by atoms with Crippen LogP contribution in [0.15, 0.2) is 23.2 Å². The summed E-state index contributed by atoms with van der Waals surface area (Å²) < 4.78 is 10.5. The second-order valence-electron chi connectivity index (χ2n) is 5.83. The van der Waals surface area contributed by atoms with Gasteiger partial charge in [-0.1, -0.05) is 11.8 Å². The smallest absolute Gasteiger partial charge is 0.303 e. The number of thioether (sulfide) groups is 1. The summed E-state index contributed by atoms with van der Waals surface area (Å²) in [6.45, 7) is 2.54. The molecule has 136 valence electrons. The van der Waals surface area contributed by atoms with Gasteiger partial charge >= 0.3 is 5.97 Å². The number of carbonyl (C=O) groups is 2. The first-order valence-corrected chi connectivity index (χ1v) is 8.94. The number of carboxylic acids is 1. The molecule has 0 saturated carbocycles. The fourth-order valence-corrected chi connectivity index (χ4v) is 3.43. The van der Waals surface area contributed by atoms with Crippen LogP contribution in [-0.4, -0.2) is 45.8 Å². The van der Waals surface area contributed by atoms with Gasteiger partial charge in [0.2, 0.25) is 5.72 Å². The third-order valence-corrected chi connectivity index (χ3v) is 4.88. The van der Waals surface area contributed by atoms with Gasteiger partial charge in [0.15, 0.2) is 0 Å². The zero-order chi connectivity index (χ0) is 18.3. The van der Waals surface area contributed by atoms with Crippen molar-refractivity contribution in [3.05, 3.63) is 23.8 Å². The third-order valence-electron chi connectivity index (χ3n) is 3.62. The van der Waals surface area contributed by atoms with Gasteiger partial charge in [-0.25, -0.2) is 4.99 Å². The standard InChI is InChI=1S/C17H21NO6S/c1-17(24-11-19)10-25-16(18-17)13-7-6-12(9-14(13)20)23-8-4-2-3-5-15(21)22/h6-7,9,11,20H,2-5,8,10H2,1H3,(H,21,22)/t17-/m0/s1. The lowest BCUT2D eigenvalue weighted by Crippen LogP contribution is -2.25. The Bertz CT molecular complexity index is 663. The van der Waals surface area contributed by atoms with Crippen molar-refractivity contribution >= 4 is 29.2 Å². The molecular weight excluding hydrogens is 346 g/mol. The molecule has 2 N–H and O–H groups in total. The molecule has 8 heteroatoms. The molecule has 0 amide bonds. The molecule has 0 fully saturated rings. The van der Waals surface area contributed by atoms with E-state index in [1.165, 1.54) is 17.8 Å². The van der Waals surface area contributed by atoms with Crippen LogP contribution in [0.3, 0.4) is 0 Å². The first-order chi connectivity index (χ1) is 11.9. The van der Waals surface area contributed by atoms with Gasteiger partial charge in [-0.2, -0.15) is 0 Å². The first kappa shape index (κ1) is 19.1. The predicted octanol–water partition coefficient (Wildman–Crippen LogP) is 2.80. The first-order valence-electron chi connectivity index (χ1n) is 7.95. The number of carbonyl (C=O) groups excluding carboxylic acids is 1. The lowest BCUT2D eigenvalue weighted by atomic mass is 10.2. The molecule has 1 aromatic rings. The highest BCUT2D eigenvalue weighted by Gasteiger charge is 2.33. The largest absolute Gasteiger partial charge is 0.507 e. The van der Waals surface area contributed by atoms with Gasteiger partial charge < -0.3 is 19.7 Å². The molecule has 1 atom stereocenters. The third kappa shape index (κ3) is 5.67. The topological polar surface area (TPSA) is 105 Å². The number of benzene rings is 1. The SMILES string of the molecule is C[C@]1(OC=O)CSC(c2ccc(OCCCCCC(=O)O)cc2O)=N1. The van der Waals surface area contributed by atoms with E-state index in [-0.39, 0.29) is 12.2 Å². The minimum atomic E-state index is -0.903. The van der Waals surface area contributed by atoms with Crippen LogP contribution in [0.5, 0.6) is 11.5 Å². The Morgan fingerprint density at radius 3 is 2.88 bits per heavy atom. The fraction of sp³-hybridized carbons (Fsp3) is 0.471. The molecule has 7 nitrogen and oxygen atoms in total. The zero-order valence-corrected chi connectivity index (χ0v) is 14.8. The molecular formula is C17H21NO6S. The molecule has 0 aliphatic carbocycles. The van der Waals surface area contributed by atoms with Crippen LogP contribution in [0.1, 0.15) is 38.2 Å². The van der Waals surface area contributed by atoms with Crippen LogP contribution in [0.25, 0.3) is 0 Å². The van der Waals surface area contributed by atoms with Gasteiger partial charge in [0.05, 0.1) is 12.4 Å². The summed E-state index contributed by atoms with van der Waals surface area (Å²) in [7, 11) is 0. The van der Waals surface area contributed by atoms with Crippen LogP contribution in [-0.2, 0) is 14.3 Å². The Hall–Kier alpha value is -2.22. The van der Waals surface area contributed by atoms with Crippen molar-refractivity contribution in [2.75, 3.05) is 12.4 Å². The number of aliphatic carboxylic acids is 1. The number of phenolic OH excluding ortho intramolecular Hbond substituents is 1. The predicted molar refractivity (Wildman–Crippen MR) is 94.3 cm³/mol. The van der Waals surface area contributed by atoms with E-state index in [1.54, 1.807) is 19.1 Å². The van der Waals surface area contributed by atoms with Crippen LogP contribution in [0, 0.1) is 0 Å². The lowest BCUT2D eigenvalue weighted by molar-refractivity contribution is -0.139. The van der Waals surface area contributed by atoms with Crippen molar-refractivity contribution in [3.63, 3.8) is 0 Å². The fourth-order valence-electron chi connectivity index (χ4n) is 2.31. The average molecular weight is 367 g/mol. The number of unbranched alkanes of at least 4 members (excludes halogenated alkanes) is 2. The number of hydrogen-bond acceptors (Lipinski definition) is 7. The van der Waals surface area contributed by atoms with Crippen molar-refractivity contribution in [2.24, 2.45) is 4.99 Å². The molecule has 0 saturated heterocycles. The molecule has 2 rings (SSSR count). The summed E-state index contributed by atoms with van der Waals surface area (Å²) in [5.41, 5.74) is -0.337. The number of phenols is 1. The van der Waals surface area contributed by atoms with Gasteiger partial charge in [0, 0.05) is 18.1 Å². The van der Waals surface area contributed by atoms with E-state index < -0.39 is 11.7 Å². The van der Waals surface area contributed by atoms with Crippen LogP contribution in [0.2, 0.25) is 0 Å². The van der Waals surface area contributed by atoms with Crippen molar-refractivity contribution in [2.45, 2.75) is 38.3 Å². The van der Waals surface area contributed by atoms with E-state index in [0.29, 0.717) is 41.6 Å². The number of nitrogens with zero attached hydrogens (tertiary/aromatic N) is 1. The van der Waals surface area contributed by atoms with E-state index in [9.17, 15) is 14.7 Å². The van der Waals surface area contributed by atoms with Gasteiger partial charge in [-0.15, -0.1) is 0 Å². The highest BCUT2D eigenvalue weighted by molar-refractivity contribution is 8.14. The average Bonchev–Trinajstić information content (AvgIpc) is 2.93. The molecule has 1 aliphatic heterocycles. The summed E-state index contributed by atoms with van der Waals surface area (Å²) in [5.74, 6) is 0.290. The van der Waals surface area contributed by atoms with E-state index in [4.69, 9.17) is 14.6 Å². The lowest BCUT2D eigenvalue weighted by Gasteiger charge is -2.16. The summed E-state index contributed by atoms with van der Waals surface area (Å²) >= 11 is 1.41. The number of ether oxygens (including phenoxy) is 2. The Labute approximate surface area is 150 Å². The van der Waals surface area contributed by atoms with Gasteiger partial charge in [0.25, 0.3) is 6.47 Å². The Morgan fingerprint density at radius 1 is 1.40 bits per heavy atom. The van der Waals surface area contributed by atoms with Crippen molar-refractivity contribution in [1.82, 2.24) is 0 Å². The Kier molecular flexibility index (Phi) is 6.69. The zero-order valence-electron chi connectivity index (χ0n) is 13.9. The van der Waals surface area contributed by atoms with Gasteiger partial charge in [-0.05, 0) is 38.3 Å². The minimum Gasteiger partial charge on any atom is -0.507 e. The number of aromatic hydroxyl groups is 1. The number of hydrogen-bond donors (Lipinski definition) is 2. The second-order valence-corrected chi connectivity index (χ2v) is 6.79. The molecule has 1 aromatic carbocycles. The van der Waals surface area contributed by atoms with Crippen molar-refractivity contribution in [3.8, 4) is 11.5 Å². The quantitative estimate of drug-likeness (QED) is 0.484. The maximum Gasteiger partial charge on any atom is 0.303 e. The molecule has 0 spiro atoms. The summed E-state index contributed by atoms with van der Waals surface area (Å²) in [6.07, 6.45) is 2.32. The minimum absolute atomic E-state index is 0.0463. The number of carboxylic acid groups (broad SMARTS) is 1.